The molecule has 2 aromatic heterocycles. The largest absolute Gasteiger partial charge is 0.471 e. The number of aromatic nitrogens is 3. The molecule has 7 nitrogen and oxygen atoms in total. The van der Waals surface area contributed by atoms with Crippen LogP contribution in [0.2, 0.25) is 0 Å². The molecule has 0 bridgehead atoms. The number of aryl methyl sites for hydroxylation is 3. The molecule has 1 aliphatic carbocycles. The number of nitrogens with zero attached hydrogens (tertiary/aromatic N) is 4. The van der Waals surface area contributed by atoms with Crippen molar-refractivity contribution in [1.82, 2.24) is 19.1 Å². The summed E-state index contributed by atoms with van der Waals surface area (Å²) in [6, 6.07) is 11.1. The Morgan fingerprint density at radius 3 is 2.80 bits per heavy atom. The van der Waals surface area contributed by atoms with Gasteiger partial charge in [-0.1, -0.05) is 12.1 Å². The van der Waals surface area contributed by atoms with E-state index in [1.165, 1.54) is 11.1 Å². The quantitative estimate of drug-likeness (QED) is 0.629. The van der Waals surface area contributed by atoms with E-state index in [2.05, 4.69) is 10.1 Å². The minimum absolute atomic E-state index is 0.257. The molecule has 30 heavy (non-hydrogen) atoms. The molecule has 3 heterocycles. The molecular weight excluding hydrogens is 400 g/mol. The van der Waals surface area contributed by atoms with E-state index in [0.717, 1.165) is 36.2 Å². The second kappa shape index (κ2) is 7.52. The Kier molecular flexibility index (Phi) is 4.83. The van der Waals surface area contributed by atoms with E-state index in [4.69, 9.17) is 4.74 Å². The maximum absolute atomic E-state index is 13.4. The predicted molar refractivity (Wildman–Crippen MR) is 112 cm³/mol. The molecule has 0 atom stereocenters. The van der Waals surface area contributed by atoms with Gasteiger partial charge in [0.2, 0.25) is 15.9 Å². The third kappa shape index (κ3) is 3.40. The Morgan fingerprint density at radius 2 is 1.97 bits per heavy atom. The second-order valence-corrected chi connectivity index (χ2v) is 9.76. The summed E-state index contributed by atoms with van der Waals surface area (Å²) < 4.78 is 35.9. The molecule has 0 N–H and O–H groups in total. The monoisotopic (exact) mass is 424 g/mol. The smallest absolute Gasteiger partial charge is 0.243 e. The van der Waals surface area contributed by atoms with Crippen molar-refractivity contribution in [2.75, 3.05) is 6.54 Å². The first-order chi connectivity index (χ1) is 14.5. The van der Waals surface area contributed by atoms with Crippen molar-refractivity contribution >= 4 is 10.0 Å². The van der Waals surface area contributed by atoms with E-state index in [9.17, 15) is 8.42 Å². The van der Waals surface area contributed by atoms with Gasteiger partial charge in [0.05, 0.1) is 4.90 Å². The standard InChI is InChI=1S/C22H24N4O3S/c1-25-21-10-12-26(30(27,28)18-9-8-16-5-4-6-17(16)13-18)14-19(21)20(24-25)15-29-22-7-2-3-11-23-22/h2-3,7-9,11,13H,4-6,10,12,14-15H2,1H3. The molecule has 5 rings (SSSR count). The zero-order valence-corrected chi connectivity index (χ0v) is 17.7. The molecule has 0 amide bonds. The normalized spacial score (nSPS) is 16.3. The van der Waals surface area contributed by atoms with Crippen LogP contribution in [-0.4, -0.2) is 34.0 Å². The summed E-state index contributed by atoms with van der Waals surface area (Å²) in [7, 11) is -1.66. The van der Waals surface area contributed by atoms with E-state index in [1.807, 2.05) is 36.0 Å². The number of hydrogen-bond donors (Lipinski definition) is 0. The molecule has 0 saturated heterocycles. The van der Waals surface area contributed by atoms with Crippen molar-refractivity contribution in [1.29, 1.82) is 0 Å². The first-order valence-corrected chi connectivity index (χ1v) is 11.7. The van der Waals surface area contributed by atoms with Crippen LogP contribution in [0.15, 0.2) is 47.5 Å². The number of hydrogen-bond acceptors (Lipinski definition) is 5. The van der Waals surface area contributed by atoms with Gasteiger partial charge in [0.1, 0.15) is 12.3 Å². The summed E-state index contributed by atoms with van der Waals surface area (Å²) in [6.45, 7) is 1.02. The van der Waals surface area contributed by atoms with Crippen LogP contribution >= 0.6 is 0 Å². The van der Waals surface area contributed by atoms with Crippen LogP contribution in [0, 0.1) is 0 Å². The van der Waals surface area contributed by atoms with E-state index >= 15 is 0 Å². The molecule has 0 unspecified atom stereocenters. The Balaban J connectivity index is 1.40. The summed E-state index contributed by atoms with van der Waals surface area (Å²) in [5.74, 6) is 0.523. The number of pyridine rings is 1. The van der Waals surface area contributed by atoms with Crippen LogP contribution < -0.4 is 4.74 Å². The molecule has 0 radical (unpaired) electrons. The maximum Gasteiger partial charge on any atom is 0.243 e. The van der Waals surface area contributed by atoms with Crippen molar-refractivity contribution < 1.29 is 13.2 Å². The van der Waals surface area contributed by atoms with Gasteiger partial charge in [-0.05, 0) is 48.6 Å². The number of rotatable bonds is 5. The van der Waals surface area contributed by atoms with Crippen molar-refractivity contribution in [2.24, 2.45) is 7.05 Å². The van der Waals surface area contributed by atoms with Crippen LogP contribution in [0.3, 0.4) is 0 Å². The van der Waals surface area contributed by atoms with E-state index in [0.29, 0.717) is 30.3 Å². The maximum atomic E-state index is 13.4. The highest BCUT2D eigenvalue weighted by molar-refractivity contribution is 7.89. The van der Waals surface area contributed by atoms with Gasteiger partial charge in [0.25, 0.3) is 0 Å². The van der Waals surface area contributed by atoms with Gasteiger partial charge in [-0.2, -0.15) is 9.40 Å². The van der Waals surface area contributed by atoms with E-state index in [1.54, 1.807) is 22.6 Å². The van der Waals surface area contributed by atoms with E-state index < -0.39 is 10.0 Å². The Labute approximate surface area is 176 Å². The summed E-state index contributed by atoms with van der Waals surface area (Å²) in [6.07, 6.45) is 5.40. The minimum Gasteiger partial charge on any atom is -0.471 e. The minimum atomic E-state index is -3.56. The van der Waals surface area contributed by atoms with Gasteiger partial charge >= 0.3 is 0 Å². The van der Waals surface area contributed by atoms with Crippen LogP contribution in [0.25, 0.3) is 0 Å². The highest BCUT2D eigenvalue weighted by Crippen LogP contribution is 2.30. The molecule has 0 saturated carbocycles. The molecule has 3 aromatic rings. The zero-order chi connectivity index (χ0) is 20.7. The Bertz CT molecular complexity index is 1190. The van der Waals surface area contributed by atoms with Gasteiger partial charge < -0.3 is 4.74 Å². The lowest BCUT2D eigenvalue weighted by Gasteiger charge is -2.27. The van der Waals surface area contributed by atoms with Crippen molar-refractivity contribution in [3.8, 4) is 5.88 Å². The summed E-state index contributed by atoms with van der Waals surface area (Å²) in [5.41, 5.74) is 5.20. The number of sulfonamides is 1. The highest BCUT2D eigenvalue weighted by atomic mass is 32.2. The van der Waals surface area contributed by atoms with E-state index in [-0.39, 0.29) is 6.61 Å². The molecule has 0 fully saturated rings. The third-order valence-corrected chi connectivity index (χ3v) is 7.83. The van der Waals surface area contributed by atoms with Crippen LogP contribution in [0.4, 0.5) is 0 Å². The molecule has 2 aliphatic rings. The van der Waals surface area contributed by atoms with Crippen molar-refractivity contribution in [3.05, 3.63) is 70.7 Å². The lowest BCUT2D eigenvalue weighted by Crippen LogP contribution is -2.36. The molecule has 156 valence electrons. The van der Waals surface area contributed by atoms with Gasteiger partial charge in [0, 0.05) is 50.1 Å². The fourth-order valence-electron chi connectivity index (χ4n) is 4.40. The number of benzene rings is 1. The first-order valence-electron chi connectivity index (χ1n) is 10.2. The Hall–Kier alpha value is -2.71. The zero-order valence-electron chi connectivity index (χ0n) is 16.9. The van der Waals surface area contributed by atoms with Crippen LogP contribution in [0.1, 0.15) is 34.5 Å². The lowest BCUT2D eigenvalue weighted by molar-refractivity contribution is 0.285. The van der Waals surface area contributed by atoms with Gasteiger partial charge in [0.15, 0.2) is 0 Å². The molecule has 0 spiro atoms. The molecule has 1 aliphatic heterocycles. The molecule has 1 aromatic carbocycles. The number of ether oxygens (including phenoxy) is 1. The summed E-state index contributed by atoms with van der Waals surface area (Å²) >= 11 is 0. The average molecular weight is 425 g/mol. The topological polar surface area (TPSA) is 77.3 Å². The predicted octanol–water partition coefficient (Wildman–Crippen LogP) is 2.63. The van der Waals surface area contributed by atoms with Crippen molar-refractivity contribution in [2.45, 2.75) is 43.7 Å². The van der Waals surface area contributed by atoms with Crippen LogP contribution in [-0.2, 0) is 49.5 Å². The Morgan fingerprint density at radius 1 is 1.10 bits per heavy atom. The highest BCUT2D eigenvalue weighted by Gasteiger charge is 2.32. The summed E-state index contributed by atoms with van der Waals surface area (Å²) in [4.78, 5) is 4.56. The fraction of sp³-hybridized carbons (Fsp3) is 0.364. The van der Waals surface area contributed by atoms with Crippen molar-refractivity contribution in [3.63, 3.8) is 0 Å². The fourth-order valence-corrected chi connectivity index (χ4v) is 5.86. The first kappa shape index (κ1) is 19.3. The lowest BCUT2D eigenvalue weighted by atomic mass is 10.1. The molecular formula is C22H24N4O3S. The third-order valence-electron chi connectivity index (χ3n) is 5.99. The molecule has 8 heteroatoms. The second-order valence-electron chi connectivity index (χ2n) is 7.82. The van der Waals surface area contributed by atoms with Gasteiger partial charge in [-0.3, -0.25) is 4.68 Å². The van der Waals surface area contributed by atoms with Gasteiger partial charge in [-0.15, -0.1) is 0 Å². The number of fused-ring (bicyclic) bond motifs is 2. The van der Waals surface area contributed by atoms with Crippen LogP contribution in [0.5, 0.6) is 5.88 Å². The average Bonchev–Trinajstić information content (AvgIpc) is 3.36. The SMILES string of the molecule is Cn1nc(COc2ccccn2)c2c1CCN(S(=O)(=O)c1ccc3c(c1)CCC3)C2. The summed E-state index contributed by atoms with van der Waals surface area (Å²) in [5, 5.41) is 4.59. The van der Waals surface area contributed by atoms with Gasteiger partial charge in [-0.25, -0.2) is 13.4 Å².